The van der Waals surface area contributed by atoms with Crippen LogP contribution in [0.2, 0.25) is 0 Å². The second-order valence-corrected chi connectivity index (χ2v) is 8.00. The number of aromatic hydroxyl groups is 1. The Morgan fingerprint density at radius 3 is 2.67 bits per heavy atom. The lowest BCUT2D eigenvalue weighted by molar-refractivity contribution is -0.0565. The van der Waals surface area contributed by atoms with Gasteiger partial charge in [-0.1, -0.05) is 12.1 Å². The van der Waals surface area contributed by atoms with Gasteiger partial charge in [-0.25, -0.2) is 8.78 Å². The van der Waals surface area contributed by atoms with Crippen molar-refractivity contribution in [3.63, 3.8) is 0 Å². The molecular weight excluding hydrogens is 388 g/mol. The van der Waals surface area contributed by atoms with Crippen molar-refractivity contribution in [3.8, 4) is 5.75 Å². The van der Waals surface area contributed by atoms with Crippen LogP contribution in [0.5, 0.6) is 5.75 Å². The monoisotopic (exact) mass is 409 g/mol. The number of phenolic OH excluding ortho intramolecular Hbond substituents is 1. The van der Waals surface area contributed by atoms with Crippen molar-refractivity contribution in [3.05, 3.63) is 65.4 Å². The number of carbonyl (C=O) groups is 1. The van der Waals surface area contributed by atoms with E-state index in [9.17, 15) is 18.7 Å². The van der Waals surface area contributed by atoms with E-state index >= 15 is 0 Å². The molecule has 5 nitrogen and oxygen atoms in total. The molecule has 30 heavy (non-hydrogen) atoms. The molecule has 0 spiro atoms. The van der Waals surface area contributed by atoms with Crippen molar-refractivity contribution in [2.75, 3.05) is 18.0 Å². The van der Waals surface area contributed by atoms with Gasteiger partial charge in [-0.2, -0.15) is 0 Å². The molecule has 1 fully saturated rings. The summed E-state index contributed by atoms with van der Waals surface area (Å²) in [6.07, 6.45) is 1.42. The van der Waals surface area contributed by atoms with E-state index in [4.69, 9.17) is 0 Å². The van der Waals surface area contributed by atoms with Gasteiger partial charge >= 0.3 is 0 Å². The Bertz CT molecular complexity index is 1140. The molecule has 2 aliphatic rings. The van der Waals surface area contributed by atoms with Crippen molar-refractivity contribution < 1.29 is 18.7 Å². The number of amides is 1. The third-order valence-corrected chi connectivity index (χ3v) is 6.00. The van der Waals surface area contributed by atoms with Crippen LogP contribution in [-0.4, -0.2) is 39.9 Å². The Balaban J connectivity index is 1.52. The third-order valence-electron chi connectivity index (χ3n) is 6.00. The summed E-state index contributed by atoms with van der Waals surface area (Å²) in [6, 6.07) is 12.3. The molecule has 1 saturated heterocycles. The Morgan fingerprint density at radius 2 is 1.90 bits per heavy atom. The number of hydrogen-bond acceptors (Lipinski definition) is 4. The zero-order valence-corrected chi connectivity index (χ0v) is 16.3. The second kappa shape index (κ2) is 7.02. The number of piperidine rings is 1. The highest BCUT2D eigenvalue weighted by Gasteiger charge is 2.35. The third kappa shape index (κ3) is 3.29. The molecule has 1 amide bonds. The maximum absolute atomic E-state index is 13.5. The molecule has 0 unspecified atom stereocenters. The van der Waals surface area contributed by atoms with Crippen molar-refractivity contribution >= 4 is 22.5 Å². The van der Waals surface area contributed by atoms with Gasteiger partial charge in [0.2, 0.25) is 0 Å². The van der Waals surface area contributed by atoms with Gasteiger partial charge in [-0.15, -0.1) is 0 Å². The van der Waals surface area contributed by atoms with Crippen LogP contribution in [0.1, 0.15) is 34.3 Å². The van der Waals surface area contributed by atoms with Crippen molar-refractivity contribution in [1.29, 1.82) is 0 Å². The lowest BCUT2D eigenvalue weighted by Crippen LogP contribution is -2.38. The van der Waals surface area contributed by atoms with E-state index < -0.39 is 5.92 Å². The van der Waals surface area contributed by atoms with Crippen LogP contribution in [0.25, 0.3) is 10.9 Å². The number of phenols is 1. The van der Waals surface area contributed by atoms with E-state index in [0.29, 0.717) is 37.4 Å². The highest BCUT2D eigenvalue weighted by molar-refractivity contribution is 6.13. The first kappa shape index (κ1) is 18.9. The highest BCUT2D eigenvalue weighted by atomic mass is 19.3. The van der Waals surface area contributed by atoms with Crippen LogP contribution in [0.15, 0.2) is 48.7 Å². The molecular formula is C23H21F2N3O2. The lowest BCUT2D eigenvalue weighted by atomic mass is 9.98. The normalized spacial score (nSPS) is 18.7. The molecule has 7 heteroatoms. The Kier molecular flexibility index (Phi) is 4.43. The Morgan fingerprint density at radius 1 is 1.10 bits per heavy atom. The van der Waals surface area contributed by atoms with Crippen molar-refractivity contribution in [2.24, 2.45) is 0 Å². The smallest absolute Gasteiger partial charge is 0.259 e. The zero-order chi connectivity index (χ0) is 20.9. The van der Waals surface area contributed by atoms with Gasteiger partial charge in [-0.3, -0.25) is 14.7 Å². The summed E-state index contributed by atoms with van der Waals surface area (Å²) >= 11 is 0. The minimum Gasteiger partial charge on any atom is -0.508 e. The molecule has 2 aliphatic heterocycles. The predicted molar refractivity (Wildman–Crippen MR) is 110 cm³/mol. The van der Waals surface area contributed by atoms with Gasteiger partial charge in [0, 0.05) is 66.9 Å². The Hall–Kier alpha value is -3.06. The standard InChI is InChI=1S/C23H21F2N3O2/c24-23(25)6-9-27(10-7-23)13-15-11-19-20(21-18(15)5-2-8-26-21)14-28(22(19)30)16-3-1-4-17(29)12-16/h1-5,8,11-12,29H,6-7,9-10,13-14H2. The highest BCUT2D eigenvalue weighted by Crippen LogP contribution is 2.36. The van der Waals surface area contributed by atoms with Crippen LogP contribution in [-0.2, 0) is 13.1 Å². The van der Waals surface area contributed by atoms with Gasteiger partial charge in [0.05, 0.1) is 12.1 Å². The average molecular weight is 409 g/mol. The molecule has 1 aromatic heterocycles. The van der Waals surface area contributed by atoms with Crippen LogP contribution in [0.3, 0.4) is 0 Å². The molecule has 0 saturated carbocycles. The maximum atomic E-state index is 13.5. The fourth-order valence-corrected chi connectivity index (χ4v) is 4.38. The van der Waals surface area contributed by atoms with Gasteiger partial charge in [-0.05, 0) is 29.8 Å². The first-order chi connectivity index (χ1) is 14.4. The predicted octanol–water partition coefficient (Wildman–Crippen LogP) is 4.33. The molecule has 1 N–H and O–H groups in total. The fraction of sp³-hybridized carbons (Fsp3) is 0.304. The number of nitrogens with zero attached hydrogens (tertiary/aromatic N) is 3. The van der Waals surface area contributed by atoms with Crippen molar-refractivity contribution in [2.45, 2.75) is 31.9 Å². The summed E-state index contributed by atoms with van der Waals surface area (Å²) in [5, 5.41) is 10.7. The maximum Gasteiger partial charge on any atom is 0.259 e. The number of rotatable bonds is 3. The van der Waals surface area contributed by atoms with E-state index in [2.05, 4.69) is 4.98 Å². The molecule has 0 aliphatic carbocycles. The number of carbonyl (C=O) groups excluding carboxylic acids is 1. The molecule has 5 rings (SSSR count). The van der Waals surface area contributed by atoms with E-state index in [0.717, 1.165) is 22.0 Å². The minimum absolute atomic E-state index is 0.0989. The summed E-state index contributed by atoms with van der Waals surface area (Å²) < 4.78 is 27.1. The van der Waals surface area contributed by atoms with E-state index in [1.807, 2.05) is 23.1 Å². The molecule has 3 aromatic rings. The second-order valence-electron chi connectivity index (χ2n) is 8.00. The number of fused-ring (bicyclic) bond motifs is 3. The van der Waals surface area contributed by atoms with Gasteiger partial charge in [0.15, 0.2) is 0 Å². The summed E-state index contributed by atoms with van der Waals surface area (Å²) in [5.41, 5.74) is 3.76. The zero-order valence-electron chi connectivity index (χ0n) is 16.3. The quantitative estimate of drug-likeness (QED) is 0.700. The Labute approximate surface area is 172 Å². The average Bonchev–Trinajstić information content (AvgIpc) is 3.06. The van der Waals surface area contributed by atoms with Gasteiger partial charge in [0.1, 0.15) is 5.75 Å². The molecule has 154 valence electrons. The number of anilines is 1. The topological polar surface area (TPSA) is 56.7 Å². The largest absolute Gasteiger partial charge is 0.508 e. The molecule has 0 bridgehead atoms. The van der Waals surface area contributed by atoms with Crippen molar-refractivity contribution in [1.82, 2.24) is 9.88 Å². The molecule has 0 radical (unpaired) electrons. The fourth-order valence-electron chi connectivity index (χ4n) is 4.38. The number of alkyl halides is 2. The summed E-state index contributed by atoms with van der Waals surface area (Å²) in [4.78, 5) is 21.4. The van der Waals surface area contributed by atoms with Crippen LogP contribution >= 0.6 is 0 Å². The van der Waals surface area contributed by atoms with E-state index in [1.165, 1.54) is 0 Å². The number of pyridine rings is 1. The van der Waals surface area contributed by atoms with Gasteiger partial charge < -0.3 is 10.0 Å². The minimum atomic E-state index is -2.59. The van der Waals surface area contributed by atoms with Gasteiger partial charge in [0.25, 0.3) is 11.8 Å². The number of aromatic nitrogens is 1. The number of benzene rings is 2. The van der Waals surface area contributed by atoms with Crippen LogP contribution in [0, 0.1) is 0 Å². The van der Waals surface area contributed by atoms with E-state index in [-0.39, 0.29) is 24.5 Å². The van der Waals surface area contributed by atoms with Crippen LogP contribution in [0.4, 0.5) is 14.5 Å². The summed E-state index contributed by atoms with van der Waals surface area (Å²) in [6.45, 7) is 1.54. The number of likely N-dealkylation sites (tertiary alicyclic amines) is 1. The molecule has 2 aromatic carbocycles. The SMILES string of the molecule is O=C1c2cc(CN3CCC(F)(F)CC3)c3cccnc3c2CN1c1cccc(O)c1. The number of hydrogen-bond donors (Lipinski definition) is 1. The number of halogens is 2. The molecule has 0 atom stereocenters. The lowest BCUT2D eigenvalue weighted by Gasteiger charge is -2.32. The first-order valence-electron chi connectivity index (χ1n) is 10.0. The summed E-state index contributed by atoms with van der Waals surface area (Å²) in [5.74, 6) is -2.63. The van der Waals surface area contributed by atoms with Crippen LogP contribution < -0.4 is 4.90 Å². The first-order valence-corrected chi connectivity index (χ1v) is 10.0. The summed E-state index contributed by atoms with van der Waals surface area (Å²) in [7, 11) is 0. The molecule has 3 heterocycles. The van der Waals surface area contributed by atoms with E-state index in [1.54, 1.807) is 35.4 Å².